The summed E-state index contributed by atoms with van der Waals surface area (Å²) in [5.41, 5.74) is 3.97. The Bertz CT molecular complexity index is 1010. The molecule has 1 aliphatic heterocycles. The molecule has 1 nitrogen and oxygen atoms in total. The molecule has 1 aromatic heterocycles. The van der Waals surface area contributed by atoms with Crippen molar-refractivity contribution in [1.82, 2.24) is 0 Å². The molecule has 3 aromatic rings. The van der Waals surface area contributed by atoms with Gasteiger partial charge in [-0.3, -0.25) is 0 Å². The number of thiophene rings is 1. The van der Waals surface area contributed by atoms with Crippen LogP contribution in [-0.2, 0) is 5.41 Å². The van der Waals surface area contributed by atoms with Crippen LogP contribution < -0.4 is 0 Å². The van der Waals surface area contributed by atoms with Crippen molar-refractivity contribution in [3.8, 4) is 0 Å². The van der Waals surface area contributed by atoms with Gasteiger partial charge in [0.05, 0.1) is 5.41 Å². The molecule has 0 spiro atoms. The zero-order chi connectivity index (χ0) is 17.4. The van der Waals surface area contributed by atoms with Gasteiger partial charge in [-0.15, -0.1) is 17.9 Å². The summed E-state index contributed by atoms with van der Waals surface area (Å²) in [6.45, 7) is 6.38. The smallest absolute Gasteiger partial charge is 0.198 e. The Morgan fingerprint density at radius 1 is 1.08 bits per heavy atom. The van der Waals surface area contributed by atoms with E-state index in [0.717, 1.165) is 6.42 Å². The van der Waals surface area contributed by atoms with Gasteiger partial charge in [0.1, 0.15) is 7.05 Å². The van der Waals surface area contributed by atoms with Gasteiger partial charge < -0.3 is 0 Å². The van der Waals surface area contributed by atoms with Crippen molar-refractivity contribution in [2.45, 2.75) is 18.8 Å². The van der Waals surface area contributed by atoms with Gasteiger partial charge >= 0.3 is 0 Å². The first-order valence-corrected chi connectivity index (χ1v) is 9.49. The lowest BCUT2D eigenvalue weighted by atomic mass is 9.74. The Morgan fingerprint density at radius 2 is 1.92 bits per heavy atom. The van der Waals surface area contributed by atoms with E-state index in [1.54, 1.807) is 11.3 Å². The molecule has 0 saturated carbocycles. The van der Waals surface area contributed by atoms with Crippen LogP contribution in [0.15, 0.2) is 72.6 Å². The number of rotatable bonds is 4. The molecule has 0 radical (unpaired) electrons. The predicted octanol–water partition coefficient (Wildman–Crippen LogP) is 6.18. The van der Waals surface area contributed by atoms with Crippen molar-refractivity contribution in [3.05, 3.63) is 83.1 Å². The molecule has 4 rings (SSSR count). The minimum absolute atomic E-state index is 0.0690. The van der Waals surface area contributed by atoms with Crippen molar-refractivity contribution >= 4 is 39.6 Å². The molecule has 0 bridgehead atoms. The molecule has 0 amide bonds. The van der Waals surface area contributed by atoms with Crippen LogP contribution in [0.25, 0.3) is 16.8 Å². The molecule has 25 heavy (non-hydrogen) atoms. The maximum absolute atomic E-state index is 4.04. The van der Waals surface area contributed by atoms with E-state index in [2.05, 4.69) is 91.2 Å². The summed E-state index contributed by atoms with van der Waals surface area (Å²) in [5, 5.41) is 4.76. The molecule has 124 valence electrons. The number of benzene rings is 2. The van der Waals surface area contributed by atoms with E-state index >= 15 is 0 Å². The number of fused-ring (bicyclic) bond motifs is 3. The fourth-order valence-electron chi connectivity index (χ4n) is 4.09. The minimum atomic E-state index is -0.0690. The van der Waals surface area contributed by atoms with Crippen molar-refractivity contribution in [1.29, 1.82) is 0 Å². The molecule has 2 heteroatoms. The Balaban J connectivity index is 1.94. The Hall–Kier alpha value is -2.45. The largest absolute Gasteiger partial charge is 0.210 e. The van der Waals surface area contributed by atoms with Crippen LogP contribution in [0.2, 0.25) is 0 Å². The third kappa shape index (κ3) is 2.49. The fraction of sp³-hybridized carbons (Fsp3) is 0.174. The zero-order valence-electron chi connectivity index (χ0n) is 14.7. The lowest BCUT2D eigenvalue weighted by Crippen LogP contribution is -2.30. The Labute approximate surface area is 153 Å². The average Bonchev–Trinajstić information content (AvgIpc) is 3.20. The SMILES string of the molecule is C=CCC1(C)C(C=Cc2cccs2)=[N+](C)c2ccc3ccccc3c21. The third-order valence-electron chi connectivity index (χ3n) is 5.25. The third-order valence-corrected chi connectivity index (χ3v) is 6.09. The Kier molecular flexibility index (Phi) is 3.93. The van der Waals surface area contributed by atoms with Crippen LogP contribution in [0.5, 0.6) is 0 Å². The predicted molar refractivity (Wildman–Crippen MR) is 110 cm³/mol. The van der Waals surface area contributed by atoms with Crippen molar-refractivity contribution in [3.63, 3.8) is 0 Å². The van der Waals surface area contributed by atoms with Gasteiger partial charge in [0.25, 0.3) is 0 Å². The molecule has 1 atom stereocenters. The van der Waals surface area contributed by atoms with E-state index in [1.165, 1.54) is 32.6 Å². The van der Waals surface area contributed by atoms with Crippen LogP contribution in [0, 0.1) is 0 Å². The number of hydrogen-bond donors (Lipinski definition) is 0. The first kappa shape index (κ1) is 16.0. The highest BCUT2D eigenvalue weighted by molar-refractivity contribution is 7.10. The zero-order valence-corrected chi connectivity index (χ0v) is 15.5. The molecule has 0 fully saturated rings. The van der Waals surface area contributed by atoms with E-state index in [-0.39, 0.29) is 5.41 Å². The summed E-state index contributed by atoms with van der Waals surface area (Å²) in [6.07, 6.45) is 7.47. The van der Waals surface area contributed by atoms with Crippen LogP contribution in [0.3, 0.4) is 0 Å². The summed E-state index contributed by atoms with van der Waals surface area (Å²) in [5.74, 6) is 0. The number of allylic oxidation sites excluding steroid dienone is 2. The minimum Gasteiger partial charge on any atom is -0.198 e. The van der Waals surface area contributed by atoms with Gasteiger partial charge in [0, 0.05) is 22.6 Å². The molecule has 1 unspecified atom stereocenters. The highest BCUT2D eigenvalue weighted by Crippen LogP contribution is 2.46. The van der Waals surface area contributed by atoms with Crippen LogP contribution in [-0.4, -0.2) is 17.3 Å². The van der Waals surface area contributed by atoms with E-state index < -0.39 is 0 Å². The summed E-state index contributed by atoms with van der Waals surface area (Å²) < 4.78 is 2.34. The van der Waals surface area contributed by atoms with Gasteiger partial charge in [-0.2, -0.15) is 4.58 Å². The van der Waals surface area contributed by atoms with Crippen molar-refractivity contribution < 1.29 is 4.58 Å². The normalized spacial score (nSPS) is 19.8. The standard InChI is InChI=1S/C23H22NS/c1-4-15-23(2)21(14-12-18-9-7-16-25-18)24(3)20-13-11-17-8-5-6-10-19(17)22(20)23/h4-14,16H,1,15H2,2-3H3/q+1. The lowest BCUT2D eigenvalue weighted by Gasteiger charge is -2.22. The maximum atomic E-state index is 4.04. The van der Waals surface area contributed by atoms with Gasteiger partial charge in [0.2, 0.25) is 5.69 Å². The molecule has 2 heterocycles. The number of nitrogens with zero attached hydrogens (tertiary/aromatic N) is 1. The van der Waals surface area contributed by atoms with Gasteiger partial charge in [-0.05, 0) is 47.7 Å². The first-order valence-electron chi connectivity index (χ1n) is 8.61. The number of hydrogen-bond acceptors (Lipinski definition) is 1. The fourth-order valence-corrected chi connectivity index (χ4v) is 4.70. The quantitative estimate of drug-likeness (QED) is 0.393. The van der Waals surface area contributed by atoms with Crippen LogP contribution in [0.1, 0.15) is 23.8 Å². The van der Waals surface area contributed by atoms with Crippen molar-refractivity contribution in [2.75, 3.05) is 7.05 Å². The summed E-state index contributed by atoms with van der Waals surface area (Å²) in [6, 6.07) is 17.4. The monoisotopic (exact) mass is 344 g/mol. The highest BCUT2D eigenvalue weighted by Gasteiger charge is 2.46. The molecule has 0 aliphatic carbocycles. The first-order chi connectivity index (χ1) is 12.1. The van der Waals surface area contributed by atoms with E-state index in [4.69, 9.17) is 0 Å². The lowest BCUT2D eigenvalue weighted by molar-refractivity contribution is -0.401. The highest BCUT2D eigenvalue weighted by atomic mass is 32.1. The van der Waals surface area contributed by atoms with Gasteiger partial charge in [-0.1, -0.05) is 36.4 Å². The average molecular weight is 345 g/mol. The Morgan fingerprint density at radius 3 is 2.68 bits per heavy atom. The van der Waals surface area contributed by atoms with Gasteiger partial charge in [0.15, 0.2) is 5.71 Å². The maximum Gasteiger partial charge on any atom is 0.210 e. The second-order valence-electron chi connectivity index (χ2n) is 6.80. The molecule has 2 aromatic carbocycles. The molecular formula is C23H22NS+. The molecular weight excluding hydrogens is 322 g/mol. The molecule has 0 saturated heterocycles. The summed E-state index contributed by atoms with van der Waals surface area (Å²) in [7, 11) is 2.18. The molecule has 1 aliphatic rings. The van der Waals surface area contributed by atoms with Gasteiger partial charge in [-0.25, -0.2) is 0 Å². The van der Waals surface area contributed by atoms with E-state index in [0.29, 0.717) is 0 Å². The summed E-state index contributed by atoms with van der Waals surface area (Å²) >= 11 is 1.77. The second-order valence-corrected chi connectivity index (χ2v) is 7.78. The second kappa shape index (κ2) is 6.12. The van der Waals surface area contributed by atoms with Crippen molar-refractivity contribution in [2.24, 2.45) is 0 Å². The van der Waals surface area contributed by atoms with E-state index in [1.807, 2.05) is 6.08 Å². The summed E-state index contributed by atoms with van der Waals surface area (Å²) in [4.78, 5) is 1.28. The topological polar surface area (TPSA) is 3.01 Å². The molecule has 0 N–H and O–H groups in total. The van der Waals surface area contributed by atoms with E-state index in [9.17, 15) is 0 Å². The van der Waals surface area contributed by atoms with Crippen LogP contribution >= 0.6 is 11.3 Å². The van der Waals surface area contributed by atoms with Crippen LogP contribution in [0.4, 0.5) is 5.69 Å².